The lowest BCUT2D eigenvalue weighted by molar-refractivity contribution is -0.138. The highest BCUT2D eigenvalue weighted by molar-refractivity contribution is 5.72. The zero-order valence-corrected chi connectivity index (χ0v) is 9.05. The van der Waals surface area contributed by atoms with E-state index in [0.29, 0.717) is 17.7 Å². The molecule has 1 aromatic carbocycles. The van der Waals surface area contributed by atoms with Crippen molar-refractivity contribution in [3.63, 3.8) is 0 Å². The van der Waals surface area contributed by atoms with Crippen molar-refractivity contribution in [2.45, 2.75) is 31.4 Å². The van der Waals surface area contributed by atoms with E-state index in [1.165, 1.54) is 12.1 Å². The molecule has 1 fully saturated rings. The topological polar surface area (TPSA) is 29.1 Å². The Hall–Kier alpha value is -1.52. The summed E-state index contributed by atoms with van der Waals surface area (Å²) in [4.78, 5) is 10.3. The van der Waals surface area contributed by atoms with Gasteiger partial charge in [0.2, 0.25) is 6.41 Å². The molecule has 1 saturated carbocycles. The lowest BCUT2D eigenvalue weighted by Gasteiger charge is -2.29. The van der Waals surface area contributed by atoms with Gasteiger partial charge in [0.25, 0.3) is 0 Å². The predicted octanol–water partition coefficient (Wildman–Crippen LogP) is 3.54. The van der Waals surface area contributed by atoms with Crippen LogP contribution in [0.15, 0.2) is 18.2 Å². The monoisotopic (exact) mass is 243 g/mol. The molecule has 1 aliphatic rings. The molecule has 1 aromatic rings. The van der Waals surface area contributed by atoms with E-state index in [1.54, 1.807) is 0 Å². The quantitative estimate of drug-likeness (QED) is 0.808. The molecule has 0 saturated heterocycles. The molecule has 1 aliphatic carbocycles. The highest BCUT2D eigenvalue weighted by Crippen LogP contribution is 2.43. The summed E-state index contributed by atoms with van der Waals surface area (Å²) >= 11 is 0. The first kappa shape index (κ1) is 12.0. The molecule has 17 heavy (non-hydrogen) atoms. The Balaban J connectivity index is 2.40. The molecule has 92 valence electrons. The molecule has 1 amide bonds. The van der Waals surface area contributed by atoms with E-state index in [-0.39, 0.29) is 5.92 Å². The zero-order chi connectivity index (χ0) is 12.5. The lowest BCUT2D eigenvalue weighted by atomic mass is 9.78. The Morgan fingerprint density at radius 2 is 2.00 bits per heavy atom. The molecular formula is C12H12F3NO. The van der Waals surface area contributed by atoms with Gasteiger partial charge in [-0.15, -0.1) is 0 Å². The fraction of sp³-hybridized carbons (Fsp3) is 0.417. The number of rotatable bonds is 3. The van der Waals surface area contributed by atoms with Crippen LogP contribution < -0.4 is 5.32 Å². The van der Waals surface area contributed by atoms with Gasteiger partial charge >= 0.3 is 6.18 Å². The first-order valence-electron chi connectivity index (χ1n) is 5.43. The molecule has 1 N–H and O–H groups in total. The van der Waals surface area contributed by atoms with E-state index >= 15 is 0 Å². The fourth-order valence-electron chi connectivity index (χ4n) is 2.04. The molecule has 0 atom stereocenters. The highest BCUT2D eigenvalue weighted by Gasteiger charge is 2.36. The van der Waals surface area contributed by atoms with E-state index < -0.39 is 11.7 Å². The minimum atomic E-state index is -4.33. The maximum atomic E-state index is 12.8. The van der Waals surface area contributed by atoms with Crippen molar-refractivity contribution in [2.75, 3.05) is 5.32 Å². The van der Waals surface area contributed by atoms with Gasteiger partial charge in [-0.25, -0.2) is 0 Å². The van der Waals surface area contributed by atoms with Gasteiger partial charge in [-0.05, 0) is 42.5 Å². The number of amides is 1. The van der Waals surface area contributed by atoms with Crippen molar-refractivity contribution in [3.8, 4) is 0 Å². The normalized spacial score (nSPS) is 16.4. The summed E-state index contributed by atoms with van der Waals surface area (Å²) in [6, 6.07) is 3.75. The van der Waals surface area contributed by atoms with Crippen molar-refractivity contribution in [1.82, 2.24) is 0 Å². The summed E-state index contributed by atoms with van der Waals surface area (Å²) in [5.41, 5.74) is 0.129. The van der Waals surface area contributed by atoms with Crippen LogP contribution in [-0.4, -0.2) is 6.41 Å². The van der Waals surface area contributed by atoms with Crippen LogP contribution in [-0.2, 0) is 11.0 Å². The van der Waals surface area contributed by atoms with Crippen molar-refractivity contribution >= 4 is 12.1 Å². The molecule has 0 heterocycles. The van der Waals surface area contributed by atoms with E-state index in [1.807, 2.05) is 0 Å². The first-order chi connectivity index (χ1) is 8.02. The summed E-state index contributed by atoms with van der Waals surface area (Å²) < 4.78 is 38.4. The zero-order valence-electron chi connectivity index (χ0n) is 9.05. The summed E-state index contributed by atoms with van der Waals surface area (Å²) in [6.07, 6.45) is -1.33. The summed E-state index contributed by atoms with van der Waals surface area (Å²) in [5, 5.41) is 2.38. The SMILES string of the molecule is O=CNc1ccc(C(F)(F)F)c(C2CCC2)c1. The van der Waals surface area contributed by atoms with Crippen LogP contribution >= 0.6 is 0 Å². The molecule has 0 aromatic heterocycles. The third-order valence-electron chi connectivity index (χ3n) is 3.13. The van der Waals surface area contributed by atoms with E-state index in [9.17, 15) is 18.0 Å². The van der Waals surface area contributed by atoms with Crippen LogP contribution in [0.4, 0.5) is 18.9 Å². The smallest absolute Gasteiger partial charge is 0.329 e. The molecule has 0 radical (unpaired) electrons. The Labute approximate surface area is 96.8 Å². The number of anilines is 1. The van der Waals surface area contributed by atoms with Crippen LogP contribution in [0.1, 0.15) is 36.3 Å². The summed E-state index contributed by atoms with van der Waals surface area (Å²) in [6.45, 7) is 0. The summed E-state index contributed by atoms with van der Waals surface area (Å²) in [5.74, 6) is -0.0278. The number of hydrogen-bond acceptors (Lipinski definition) is 1. The average molecular weight is 243 g/mol. The van der Waals surface area contributed by atoms with Gasteiger partial charge in [-0.1, -0.05) is 6.42 Å². The third kappa shape index (κ3) is 2.43. The number of hydrogen-bond donors (Lipinski definition) is 1. The van der Waals surface area contributed by atoms with Crippen LogP contribution in [0.2, 0.25) is 0 Å². The highest BCUT2D eigenvalue weighted by atomic mass is 19.4. The maximum Gasteiger partial charge on any atom is 0.416 e. The molecule has 0 unspecified atom stereocenters. The van der Waals surface area contributed by atoms with Gasteiger partial charge < -0.3 is 5.32 Å². The van der Waals surface area contributed by atoms with Crippen LogP contribution in [0.25, 0.3) is 0 Å². The second kappa shape index (κ2) is 4.39. The number of halogens is 3. The Morgan fingerprint density at radius 3 is 2.47 bits per heavy atom. The maximum absolute atomic E-state index is 12.8. The summed E-state index contributed by atoms with van der Waals surface area (Å²) in [7, 11) is 0. The average Bonchev–Trinajstić information content (AvgIpc) is 2.13. The van der Waals surface area contributed by atoms with Crippen molar-refractivity contribution in [2.24, 2.45) is 0 Å². The number of benzene rings is 1. The number of carbonyl (C=O) groups excluding carboxylic acids is 1. The lowest BCUT2D eigenvalue weighted by Crippen LogP contribution is -2.17. The molecule has 5 heteroatoms. The van der Waals surface area contributed by atoms with Crippen molar-refractivity contribution in [3.05, 3.63) is 29.3 Å². The standard InChI is InChI=1S/C12H12F3NO/c13-12(14,15)11-5-4-9(16-7-17)6-10(11)8-2-1-3-8/h4-8H,1-3H2,(H,16,17). The fourth-order valence-corrected chi connectivity index (χ4v) is 2.04. The van der Waals surface area contributed by atoms with Crippen molar-refractivity contribution in [1.29, 1.82) is 0 Å². The Morgan fingerprint density at radius 1 is 1.29 bits per heavy atom. The Bertz CT molecular complexity index is 424. The van der Waals surface area contributed by atoms with Gasteiger partial charge in [0.05, 0.1) is 5.56 Å². The van der Waals surface area contributed by atoms with E-state index in [2.05, 4.69) is 5.32 Å². The number of nitrogens with one attached hydrogen (secondary N) is 1. The predicted molar refractivity (Wildman–Crippen MR) is 57.7 cm³/mol. The number of alkyl halides is 3. The minimum Gasteiger partial charge on any atom is -0.329 e. The molecule has 2 rings (SSSR count). The van der Waals surface area contributed by atoms with E-state index in [0.717, 1.165) is 25.3 Å². The van der Waals surface area contributed by atoms with Crippen LogP contribution in [0.5, 0.6) is 0 Å². The molecule has 0 spiro atoms. The Kier molecular flexibility index (Phi) is 3.09. The second-order valence-electron chi connectivity index (χ2n) is 4.19. The molecule has 0 bridgehead atoms. The van der Waals surface area contributed by atoms with Gasteiger partial charge in [-0.3, -0.25) is 4.79 Å². The molecule has 0 aliphatic heterocycles. The van der Waals surface area contributed by atoms with Gasteiger partial charge in [0.1, 0.15) is 0 Å². The van der Waals surface area contributed by atoms with E-state index in [4.69, 9.17) is 0 Å². The second-order valence-corrected chi connectivity index (χ2v) is 4.19. The van der Waals surface area contributed by atoms with Gasteiger partial charge in [0, 0.05) is 5.69 Å². The van der Waals surface area contributed by atoms with Crippen LogP contribution in [0.3, 0.4) is 0 Å². The molecular weight excluding hydrogens is 231 g/mol. The van der Waals surface area contributed by atoms with Gasteiger partial charge in [-0.2, -0.15) is 13.2 Å². The molecule has 2 nitrogen and oxygen atoms in total. The van der Waals surface area contributed by atoms with Gasteiger partial charge in [0.15, 0.2) is 0 Å². The largest absolute Gasteiger partial charge is 0.416 e. The first-order valence-corrected chi connectivity index (χ1v) is 5.43. The van der Waals surface area contributed by atoms with Crippen molar-refractivity contribution < 1.29 is 18.0 Å². The van der Waals surface area contributed by atoms with Crippen LogP contribution in [0, 0.1) is 0 Å². The third-order valence-corrected chi connectivity index (χ3v) is 3.13. The number of carbonyl (C=O) groups is 1. The minimum absolute atomic E-state index is 0.0278.